The van der Waals surface area contributed by atoms with Gasteiger partial charge in [-0.2, -0.15) is 0 Å². The smallest absolute Gasteiger partial charge is 0.387 e. The van der Waals surface area contributed by atoms with Crippen LogP contribution in [0.1, 0.15) is 117 Å². The van der Waals surface area contributed by atoms with Crippen LogP contribution in [0.2, 0.25) is 0 Å². The number of nitrogens with one attached hydrogen (secondary N) is 1. The van der Waals surface area contributed by atoms with E-state index in [9.17, 15) is 19.4 Å². The van der Waals surface area contributed by atoms with Crippen molar-refractivity contribution in [3.05, 3.63) is 72.9 Å². The zero-order valence-corrected chi connectivity index (χ0v) is 31.8. The number of carbonyl (C=O) groups excluding carboxylic acids is 1. The quantitative estimate of drug-likeness (QED) is 0.0289. The molecular weight excluding hydrogens is 623 g/mol. The van der Waals surface area contributed by atoms with Gasteiger partial charge < -0.3 is 19.8 Å². The lowest BCUT2D eigenvalue weighted by molar-refractivity contribution is -0.870. The van der Waals surface area contributed by atoms with Gasteiger partial charge in [0.15, 0.2) is 0 Å². The van der Waals surface area contributed by atoms with Gasteiger partial charge in [-0.05, 0) is 70.6 Å². The van der Waals surface area contributed by atoms with Crippen molar-refractivity contribution >= 4 is 13.7 Å². The number of phosphoric acid groups is 1. The summed E-state index contributed by atoms with van der Waals surface area (Å²) in [4.78, 5) is 22.9. The fourth-order valence-corrected chi connectivity index (χ4v) is 5.19. The van der Waals surface area contributed by atoms with Crippen molar-refractivity contribution in [1.82, 2.24) is 5.32 Å². The highest BCUT2D eigenvalue weighted by Gasteiger charge is 2.27. The Morgan fingerprint density at radius 1 is 0.729 bits per heavy atom. The third-order valence-corrected chi connectivity index (χ3v) is 8.39. The number of likely N-dealkylation sites (N-methyl/N-ethyl adjacent to an activating group) is 1. The van der Waals surface area contributed by atoms with Crippen LogP contribution in [0.4, 0.5) is 0 Å². The average Bonchev–Trinajstić information content (AvgIpc) is 3.02. The van der Waals surface area contributed by atoms with Gasteiger partial charge in [0.25, 0.3) is 0 Å². The van der Waals surface area contributed by atoms with E-state index in [1.165, 1.54) is 19.3 Å². The van der Waals surface area contributed by atoms with Crippen LogP contribution in [-0.2, 0) is 18.4 Å². The molecule has 0 fully saturated rings. The molecule has 8 nitrogen and oxygen atoms in total. The Morgan fingerprint density at radius 3 is 1.90 bits per heavy atom. The topological polar surface area (TPSA) is 105 Å². The van der Waals surface area contributed by atoms with Gasteiger partial charge in [0.1, 0.15) is 13.2 Å². The molecule has 0 aliphatic heterocycles. The number of phosphoric ester groups is 1. The van der Waals surface area contributed by atoms with Crippen LogP contribution in [0.5, 0.6) is 0 Å². The van der Waals surface area contributed by atoms with Crippen molar-refractivity contribution in [2.75, 3.05) is 40.9 Å². The molecule has 0 heterocycles. The lowest BCUT2D eigenvalue weighted by atomic mass is 10.1. The Labute approximate surface area is 294 Å². The number of aliphatic hydroxyl groups excluding tert-OH is 1. The van der Waals surface area contributed by atoms with E-state index in [0.717, 1.165) is 77.0 Å². The SMILES string of the molecule is CC/C=C\C/C=C\C/C=C\C/C=C\CCCCCCC(=O)NC(COP(=O)(O)OCC[N+](C)(C)C)C(O)/C=C/CC/C=C/CCCCC. The summed E-state index contributed by atoms with van der Waals surface area (Å²) < 4.78 is 23.3. The third-order valence-electron chi connectivity index (χ3n) is 7.41. The second-order valence-electron chi connectivity index (χ2n) is 13.2. The van der Waals surface area contributed by atoms with E-state index < -0.39 is 20.0 Å². The number of hydrogen-bond acceptors (Lipinski definition) is 5. The average molecular weight is 694 g/mol. The molecule has 0 aliphatic carbocycles. The highest BCUT2D eigenvalue weighted by atomic mass is 31.2. The van der Waals surface area contributed by atoms with Crippen molar-refractivity contribution in [3.63, 3.8) is 0 Å². The van der Waals surface area contributed by atoms with Crippen LogP contribution in [0, 0.1) is 0 Å². The first kappa shape index (κ1) is 45.9. The molecule has 0 bridgehead atoms. The van der Waals surface area contributed by atoms with Crippen LogP contribution in [0.3, 0.4) is 0 Å². The van der Waals surface area contributed by atoms with Crippen molar-refractivity contribution in [2.24, 2.45) is 0 Å². The molecule has 9 heteroatoms. The van der Waals surface area contributed by atoms with Gasteiger partial charge in [0, 0.05) is 6.42 Å². The minimum Gasteiger partial charge on any atom is -0.387 e. The fourth-order valence-electron chi connectivity index (χ4n) is 4.46. The fraction of sp³-hybridized carbons (Fsp3) is 0.667. The second-order valence-corrected chi connectivity index (χ2v) is 14.7. The van der Waals surface area contributed by atoms with E-state index in [1.807, 2.05) is 27.2 Å². The lowest BCUT2D eigenvalue weighted by Gasteiger charge is -2.25. The van der Waals surface area contributed by atoms with E-state index in [-0.39, 0.29) is 19.1 Å². The number of rotatable bonds is 31. The third kappa shape index (κ3) is 32.5. The number of quaternary nitrogens is 1. The van der Waals surface area contributed by atoms with Gasteiger partial charge in [-0.15, -0.1) is 0 Å². The molecule has 0 rings (SSSR count). The normalized spacial score (nSPS) is 15.6. The van der Waals surface area contributed by atoms with Gasteiger partial charge in [-0.25, -0.2) is 4.57 Å². The maximum Gasteiger partial charge on any atom is 0.472 e. The summed E-state index contributed by atoms with van der Waals surface area (Å²) in [6.45, 7) is 4.56. The Bertz CT molecular complexity index is 1010. The monoisotopic (exact) mass is 693 g/mol. The zero-order valence-electron chi connectivity index (χ0n) is 30.9. The summed E-state index contributed by atoms with van der Waals surface area (Å²) in [5.74, 6) is -0.219. The molecule has 0 aromatic rings. The van der Waals surface area contributed by atoms with Crippen molar-refractivity contribution in [1.29, 1.82) is 0 Å². The summed E-state index contributed by atoms with van der Waals surface area (Å²) in [6.07, 6.45) is 39.8. The first-order valence-electron chi connectivity index (χ1n) is 18.3. The Morgan fingerprint density at radius 2 is 1.27 bits per heavy atom. The summed E-state index contributed by atoms with van der Waals surface area (Å²) in [7, 11) is 1.52. The molecular formula is C39H70N2O6P+. The molecule has 0 spiro atoms. The van der Waals surface area contributed by atoms with Gasteiger partial charge in [0.05, 0.1) is 39.9 Å². The van der Waals surface area contributed by atoms with Crippen LogP contribution < -0.4 is 5.32 Å². The maximum absolute atomic E-state index is 12.7. The van der Waals surface area contributed by atoms with Crippen LogP contribution in [0.25, 0.3) is 0 Å². The standard InChI is InChI=1S/C39H69N2O6P/c1-6-8-10-12-14-16-17-18-19-20-21-22-23-25-27-29-31-33-39(43)40-37(36-47-48(44,45)46-35-34-41(3,4)5)38(42)32-30-28-26-24-15-13-11-9-7-2/h8,10,14-16,18-19,21-22,24,30,32,37-38,42H,6-7,9,11-13,17,20,23,25-29,31,33-36H2,1-5H3,(H-,40,43,44,45)/p+1/b10-8-,16-14-,19-18-,22-21-,24-15+,32-30+. The van der Waals surface area contributed by atoms with E-state index in [0.29, 0.717) is 17.4 Å². The molecule has 3 N–H and O–H groups in total. The summed E-state index contributed by atoms with van der Waals surface area (Å²) in [5.41, 5.74) is 0. The van der Waals surface area contributed by atoms with Gasteiger partial charge in [0.2, 0.25) is 5.91 Å². The highest BCUT2D eigenvalue weighted by Crippen LogP contribution is 2.43. The summed E-state index contributed by atoms with van der Waals surface area (Å²) in [6, 6.07) is -0.876. The zero-order chi connectivity index (χ0) is 35.8. The minimum absolute atomic E-state index is 0.0466. The van der Waals surface area contributed by atoms with Crippen LogP contribution >= 0.6 is 7.82 Å². The Kier molecular flexibility index (Phi) is 29.6. The molecule has 3 atom stereocenters. The van der Waals surface area contributed by atoms with Crippen LogP contribution in [-0.4, -0.2) is 73.4 Å². The number of allylic oxidation sites excluding steroid dienone is 11. The molecule has 0 aromatic carbocycles. The molecule has 48 heavy (non-hydrogen) atoms. The van der Waals surface area contributed by atoms with Crippen molar-refractivity contribution < 1.29 is 32.9 Å². The number of nitrogens with zero attached hydrogens (tertiary/aromatic N) is 1. The number of amides is 1. The van der Waals surface area contributed by atoms with Gasteiger partial charge >= 0.3 is 7.82 Å². The number of carbonyl (C=O) groups is 1. The van der Waals surface area contributed by atoms with E-state index in [1.54, 1.807) is 6.08 Å². The number of aliphatic hydroxyl groups is 1. The molecule has 276 valence electrons. The van der Waals surface area contributed by atoms with Gasteiger partial charge in [-0.1, -0.05) is 112 Å². The molecule has 1 amide bonds. The number of hydrogen-bond donors (Lipinski definition) is 3. The van der Waals surface area contributed by atoms with E-state index in [2.05, 4.69) is 79.9 Å². The Balaban J connectivity index is 4.59. The predicted octanol–water partition coefficient (Wildman–Crippen LogP) is 9.29. The molecule has 0 aliphatic rings. The Hall–Kier alpha value is -2.06. The van der Waals surface area contributed by atoms with Crippen LogP contribution in [0.15, 0.2) is 72.9 Å². The second kappa shape index (κ2) is 31.0. The maximum atomic E-state index is 12.7. The molecule has 0 saturated heterocycles. The highest BCUT2D eigenvalue weighted by molar-refractivity contribution is 7.47. The molecule has 0 radical (unpaired) electrons. The lowest BCUT2D eigenvalue weighted by Crippen LogP contribution is -2.45. The predicted molar refractivity (Wildman–Crippen MR) is 203 cm³/mol. The van der Waals surface area contributed by atoms with Gasteiger partial charge in [-0.3, -0.25) is 13.8 Å². The first-order chi connectivity index (χ1) is 23.0. The van der Waals surface area contributed by atoms with E-state index in [4.69, 9.17) is 9.05 Å². The summed E-state index contributed by atoms with van der Waals surface area (Å²) in [5, 5.41) is 13.6. The number of unbranched alkanes of at least 4 members (excludes halogenated alkanes) is 8. The van der Waals surface area contributed by atoms with Crippen molar-refractivity contribution in [2.45, 2.75) is 129 Å². The van der Waals surface area contributed by atoms with Crippen molar-refractivity contribution in [3.8, 4) is 0 Å². The molecule has 0 saturated carbocycles. The first-order valence-corrected chi connectivity index (χ1v) is 19.8. The minimum atomic E-state index is -4.34. The van der Waals surface area contributed by atoms with E-state index >= 15 is 0 Å². The molecule has 3 unspecified atom stereocenters. The summed E-state index contributed by atoms with van der Waals surface area (Å²) >= 11 is 0. The largest absolute Gasteiger partial charge is 0.472 e. The molecule has 0 aromatic heterocycles.